The fourth-order valence-corrected chi connectivity index (χ4v) is 4.16. The number of imidazole rings is 1. The van der Waals surface area contributed by atoms with Crippen molar-refractivity contribution < 1.29 is 4.74 Å². The van der Waals surface area contributed by atoms with Crippen molar-refractivity contribution in [3.8, 4) is 11.4 Å². The minimum absolute atomic E-state index is 0.245. The van der Waals surface area contributed by atoms with Gasteiger partial charge in [-0.05, 0) is 36.6 Å². The maximum Gasteiger partial charge on any atom is 0.332 e. The second-order valence-electron chi connectivity index (χ2n) is 5.87. The smallest absolute Gasteiger partial charge is 0.332 e. The minimum atomic E-state index is -0.245. The lowest BCUT2D eigenvalue weighted by Gasteiger charge is -2.09. The monoisotopic (exact) mass is 362 g/mol. The van der Waals surface area contributed by atoms with E-state index in [4.69, 9.17) is 4.74 Å². The van der Waals surface area contributed by atoms with E-state index in [9.17, 15) is 4.79 Å². The first kappa shape index (κ1) is 15.1. The molecule has 128 valence electrons. The van der Waals surface area contributed by atoms with Crippen molar-refractivity contribution in [1.29, 1.82) is 0 Å². The number of thiophene rings is 1. The van der Waals surface area contributed by atoms with E-state index in [1.807, 2.05) is 42.8 Å². The maximum absolute atomic E-state index is 12.6. The van der Waals surface area contributed by atoms with Crippen molar-refractivity contribution in [3.63, 3.8) is 0 Å². The number of hydrogen-bond donors (Lipinski definition) is 1. The zero-order valence-corrected chi connectivity index (χ0v) is 14.7. The van der Waals surface area contributed by atoms with Gasteiger partial charge >= 0.3 is 5.69 Å². The Morgan fingerprint density at radius 1 is 1.23 bits per heavy atom. The molecule has 4 aromatic heterocycles. The fourth-order valence-electron chi connectivity index (χ4n) is 3.26. The number of rotatable bonds is 3. The second kappa shape index (κ2) is 5.67. The molecule has 26 heavy (non-hydrogen) atoms. The largest absolute Gasteiger partial charge is 0.491 e. The number of aromatic nitrogens is 4. The van der Waals surface area contributed by atoms with Gasteiger partial charge in [-0.3, -0.25) is 14.5 Å². The third kappa shape index (κ3) is 2.14. The molecule has 7 heteroatoms. The third-order valence-electron chi connectivity index (χ3n) is 4.36. The molecule has 0 unspecified atom stereocenters. The lowest BCUT2D eigenvalue weighted by atomic mass is 10.1. The standard InChI is InChI=1S/C19H14N4O2S/c1-2-25-15-5-7-20-18-16(15)23(19(24)22-18)12-3-4-14-13(9-12)17-11(10-21-14)6-8-26-17/h3-10H,2H2,1H3,(H,20,22,24). The highest BCUT2D eigenvalue weighted by Gasteiger charge is 2.15. The number of aromatic amines is 1. The van der Waals surface area contributed by atoms with Crippen LogP contribution in [0.5, 0.6) is 5.75 Å². The molecule has 0 bridgehead atoms. The number of nitrogens with zero attached hydrogens (tertiary/aromatic N) is 3. The molecule has 0 fully saturated rings. The molecule has 0 atom stereocenters. The molecular formula is C19H14N4O2S. The van der Waals surface area contributed by atoms with E-state index in [0.717, 1.165) is 26.7 Å². The molecule has 0 amide bonds. The van der Waals surface area contributed by atoms with Gasteiger partial charge in [0.15, 0.2) is 5.65 Å². The van der Waals surface area contributed by atoms with E-state index in [0.29, 0.717) is 23.5 Å². The van der Waals surface area contributed by atoms with Gasteiger partial charge in [0.05, 0.1) is 17.8 Å². The van der Waals surface area contributed by atoms with Crippen LogP contribution < -0.4 is 10.4 Å². The SMILES string of the molecule is CCOc1ccnc2[nH]c(=O)n(-c3ccc4ncc5ccsc5c4c3)c12. The lowest BCUT2D eigenvalue weighted by molar-refractivity contribution is 0.343. The van der Waals surface area contributed by atoms with Gasteiger partial charge in [0.25, 0.3) is 0 Å². The Morgan fingerprint density at radius 3 is 3.04 bits per heavy atom. The van der Waals surface area contributed by atoms with E-state index in [2.05, 4.69) is 15.0 Å². The number of benzene rings is 1. The summed E-state index contributed by atoms with van der Waals surface area (Å²) in [6, 6.07) is 9.65. The van der Waals surface area contributed by atoms with Gasteiger partial charge in [-0.1, -0.05) is 0 Å². The first-order valence-electron chi connectivity index (χ1n) is 8.25. The van der Waals surface area contributed by atoms with Crippen molar-refractivity contribution in [2.75, 3.05) is 6.61 Å². The van der Waals surface area contributed by atoms with E-state index in [1.165, 1.54) is 0 Å². The van der Waals surface area contributed by atoms with Crippen LogP contribution in [0, 0.1) is 0 Å². The quantitative estimate of drug-likeness (QED) is 0.529. The van der Waals surface area contributed by atoms with Crippen molar-refractivity contribution in [3.05, 3.63) is 58.6 Å². The van der Waals surface area contributed by atoms with E-state index >= 15 is 0 Å². The number of pyridine rings is 2. The summed E-state index contributed by atoms with van der Waals surface area (Å²) in [5, 5.41) is 4.17. The average molecular weight is 362 g/mol. The first-order chi connectivity index (χ1) is 12.8. The molecule has 5 rings (SSSR count). The summed E-state index contributed by atoms with van der Waals surface area (Å²) in [6.45, 7) is 2.42. The summed E-state index contributed by atoms with van der Waals surface area (Å²) >= 11 is 1.67. The Labute approximate surface area is 151 Å². The van der Waals surface area contributed by atoms with Crippen molar-refractivity contribution in [1.82, 2.24) is 19.5 Å². The lowest BCUT2D eigenvalue weighted by Crippen LogP contribution is -2.14. The summed E-state index contributed by atoms with van der Waals surface area (Å²) in [5.41, 5.74) is 2.56. The number of fused-ring (bicyclic) bond motifs is 4. The van der Waals surface area contributed by atoms with Crippen LogP contribution in [-0.4, -0.2) is 26.1 Å². The number of nitrogens with one attached hydrogen (secondary N) is 1. The van der Waals surface area contributed by atoms with Crippen LogP contribution in [0.4, 0.5) is 0 Å². The molecule has 0 aliphatic heterocycles. The van der Waals surface area contributed by atoms with Crippen LogP contribution in [0.15, 0.2) is 52.9 Å². The van der Waals surface area contributed by atoms with Gasteiger partial charge in [0.1, 0.15) is 11.3 Å². The summed E-state index contributed by atoms with van der Waals surface area (Å²) in [5.74, 6) is 0.628. The zero-order chi connectivity index (χ0) is 17.7. The van der Waals surface area contributed by atoms with Gasteiger partial charge in [-0.25, -0.2) is 9.78 Å². The van der Waals surface area contributed by atoms with Gasteiger partial charge < -0.3 is 4.74 Å². The predicted molar refractivity (Wildman–Crippen MR) is 104 cm³/mol. The molecule has 1 aromatic carbocycles. The summed E-state index contributed by atoms with van der Waals surface area (Å²) < 4.78 is 8.48. The van der Waals surface area contributed by atoms with E-state index in [1.54, 1.807) is 28.2 Å². The molecule has 5 aromatic rings. The van der Waals surface area contributed by atoms with Gasteiger partial charge in [-0.2, -0.15) is 0 Å². The Balaban J connectivity index is 1.85. The van der Waals surface area contributed by atoms with Crippen LogP contribution in [-0.2, 0) is 0 Å². The zero-order valence-electron chi connectivity index (χ0n) is 13.9. The highest BCUT2D eigenvalue weighted by Crippen LogP contribution is 2.31. The highest BCUT2D eigenvalue weighted by atomic mass is 32.1. The van der Waals surface area contributed by atoms with Crippen LogP contribution in [0.25, 0.3) is 37.8 Å². The van der Waals surface area contributed by atoms with E-state index < -0.39 is 0 Å². The van der Waals surface area contributed by atoms with Crippen molar-refractivity contribution in [2.24, 2.45) is 0 Å². The molecule has 0 radical (unpaired) electrons. The normalized spacial score (nSPS) is 11.6. The van der Waals surface area contributed by atoms with Crippen molar-refractivity contribution in [2.45, 2.75) is 6.92 Å². The number of ether oxygens (including phenoxy) is 1. The summed E-state index contributed by atoms with van der Waals surface area (Å²) in [6.07, 6.45) is 3.51. The molecule has 0 spiro atoms. The summed E-state index contributed by atoms with van der Waals surface area (Å²) in [4.78, 5) is 24.2. The van der Waals surface area contributed by atoms with Gasteiger partial charge in [0, 0.05) is 33.9 Å². The molecule has 6 nitrogen and oxygen atoms in total. The topological polar surface area (TPSA) is 72.8 Å². The fraction of sp³-hybridized carbons (Fsp3) is 0.105. The number of hydrogen-bond acceptors (Lipinski definition) is 5. The van der Waals surface area contributed by atoms with Crippen LogP contribution >= 0.6 is 11.3 Å². The molecule has 0 saturated heterocycles. The van der Waals surface area contributed by atoms with Gasteiger partial charge in [-0.15, -0.1) is 11.3 Å². The molecule has 1 N–H and O–H groups in total. The molecule has 4 heterocycles. The molecule has 0 aliphatic rings. The van der Waals surface area contributed by atoms with Crippen LogP contribution in [0.1, 0.15) is 6.92 Å². The molecule has 0 aliphatic carbocycles. The van der Waals surface area contributed by atoms with E-state index in [-0.39, 0.29) is 5.69 Å². The Morgan fingerprint density at radius 2 is 2.15 bits per heavy atom. The molecular weight excluding hydrogens is 348 g/mol. The average Bonchev–Trinajstić information content (AvgIpc) is 3.25. The third-order valence-corrected chi connectivity index (χ3v) is 5.32. The van der Waals surface area contributed by atoms with Crippen LogP contribution in [0.2, 0.25) is 0 Å². The Kier molecular flexibility index (Phi) is 3.29. The second-order valence-corrected chi connectivity index (χ2v) is 6.79. The Hall–Kier alpha value is -3.19. The van der Waals surface area contributed by atoms with Gasteiger partial charge in [0.2, 0.25) is 0 Å². The maximum atomic E-state index is 12.6. The van der Waals surface area contributed by atoms with Crippen molar-refractivity contribution >= 4 is 43.5 Å². The number of H-pyrrole nitrogens is 1. The highest BCUT2D eigenvalue weighted by molar-refractivity contribution is 7.18. The molecule has 0 saturated carbocycles. The Bertz CT molecular complexity index is 1330. The first-order valence-corrected chi connectivity index (χ1v) is 9.13. The van der Waals surface area contributed by atoms with Crippen LogP contribution in [0.3, 0.4) is 0 Å². The summed E-state index contributed by atoms with van der Waals surface area (Å²) in [7, 11) is 0. The minimum Gasteiger partial charge on any atom is -0.491 e. The predicted octanol–water partition coefficient (Wildman–Crippen LogP) is 3.88.